The van der Waals surface area contributed by atoms with Crippen LogP contribution >= 0.6 is 0 Å². The average Bonchev–Trinajstić information content (AvgIpc) is 3.42. The van der Waals surface area contributed by atoms with Crippen LogP contribution in [0.2, 0.25) is 0 Å². The molecule has 1 aromatic carbocycles. The van der Waals surface area contributed by atoms with E-state index in [0.29, 0.717) is 5.56 Å². The van der Waals surface area contributed by atoms with Crippen LogP contribution in [0.15, 0.2) is 53.1 Å². The normalized spacial score (nSPS) is 16.5. The van der Waals surface area contributed by atoms with Crippen LogP contribution in [0.3, 0.4) is 0 Å². The van der Waals surface area contributed by atoms with Crippen LogP contribution in [-0.2, 0) is 10.9 Å². The summed E-state index contributed by atoms with van der Waals surface area (Å²) in [6.07, 6.45) is -2.29. The van der Waals surface area contributed by atoms with Gasteiger partial charge in [-0.15, -0.1) is 0 Å². The second-order valence-electron chi connectivity index (χ2n) is 7.01. The summed E-state index contributed by atoms with van der Waals surface area (Å²) >= 11 is 0. The van der Waals surface area contributed by atoms with Crippen molar-refractivity contribution in [3.63, 3.8) is 0 Å². The number of nitrogens with one attached hydrogen (secondary N) is 1. The van der Waals surface area contributed by atoms with Crippen LogP contribution < -0.4 is 10.2 Å². The van der Waals surface area contributed by atoms with Crippen molar-refractivity contribution in [3.05, 3.63) is 60.1 Å². The van der Waals surface area contributed by atoms with Crippen LogP contribution in [0, 0.1) is 0 Å². The van der Waals surface area contributed by atoms with Gasteiger partial charge in [0.2, 0.25) is 11.7 Å². The zero-order valence-corrected chi connectivity index (χ0v) is 16.5. The summed E-state index contributed by atoms with van der Waals surface area (Å²) in [6.45, 7) is 1.53. The zero-order valence-electron chi connectivity index (χ0n) is 16.5. The van der Waals surface area contributed by atoms with Gasteiger partial charge in [0.1, 0.15) is 5.82 Å². The molecule has 31 heavy (non-hydrogen) atoms. The first-order valence-corrected chi connectivity index (χ1v) is 9.53. The predicted octanol–water partition coefficient (Wildman–Crippen LogP) is 4.23. The molecule has 0 bridgehead atoms. The monoisotopic (exact) mass is 432 g/mol. The van der Waals surface area contributed by atoms with Crippen molar-refractivity contribution in [2.24, 2.45) is 0 Å². The largest absolute Gasteiger partial charge is 0.452 e. The molecule has 10 heteroatoms. The minimum absolute atomic E-state index is 0.105. The Morgan fingerprint density at radius 3 is 2.61 bits per heavy atom. The number of amides is 1. The topological polar surface area (TPSA) is 80.5 Å². The van der Waals surface area contributed by atoms with Gasteiger partial charge in [-0.25, -0.2) is 9.97 Å². The second-order valence-corrected chi connectivity index (χ2v) is 7.01. The molecule has 1 N–H and O–H groups in total. The van der Waals surface area contributed by atoms with Gasteiger partial charge in [0, 0.05) is 25.8 Å². The predicted molar refractivity (Wildman–Crippen MR) is 107 cm³/mol. The summed E-state index contributed by atoms with van der Waals surface area (Å²) < 4.78 is 50.5. The van der Waals surface area contributed by atoms with Gasteiger partial charge in [-0.05, 0) is 30.7 Å². The Hall–Kier alpha value is -3.40. The zero-order chi connectivity index (χ0) is 22.0. The Kier molecular flexibility index (Phi) is 5.64. The van der Waals surface area contributed by atoms with E-state index in [-0.39, 0.29) is 17.8 Å². The summed E-state index contributed by atoms with van der Waals surface area (Å²) in [4.78, 5) is 22.6. The standard InChI is InChI=1S/C21H19F3N4O3/c1-30-15-9-10-28(12-15)14-7-8-16(25-11-14)26-19(29)17-18(21(22,23)24)31-20(27-17)13-5-3-2-4-6-13/h2-8,11,15H,9-10,12H2,1H3,(H,25,26,29). The molecule has 0 radical (unpaired) electrons. The van der Waals surface area contributed by atoms with Crippen LogP contribution in [-0.4, -0.2) is 42.2 Å². The van der Waals surface area contributed by atoms with E-state index in [1.54, 1.807) is 49.7 Å². The van der Waals surface area contributed by atoms with Gasteiger partial charge in [-0.1, -0.05) is 18.2 Å². The van der Waals surface area contributed by atoms with E-state index >= 15 is 0 Å². The number of methoxy groups -OCH3 is 1. The summed E-state index contributed by atoms with van der Waals surface area (Å²) in [6, 6.07) is 11.3. The maximum absolute atomic E-state index is 13.4. The van der Waals surface area contributed by atoms with Gasteiger partial charge in [-0.2, -0.15) is 13.2 Å². The van der Waals surface area contributed by atoms with Gasteiger partial charge in [0.25, 0.3) is 5.91 Å². The number of benzene rings is 1. The molecule has 1 amide bonds. The van der Waals surface area contributed by atoms with Gasteiger partial charge >= 0.3 is 6.18 Å². The minimum Gasteiger partial charge on any atom is -0.431 e. The number of pyridine rings is 1. The molecule has 3 heterocycles. The number of oxazole rings is 1. The number of hydrogen-bond donors (Lipinski definition) is 1. The molecule has 1 saturated heterocycles. The van der Waals surface area contributed by atoms with E-state index in [0.717, 1.165) is 25.2 Å². The van der Waals surface area contributed by atoms with E-state index in [2.05, 4.69) is 20.2 Å². The smallest absolute Gasteiger partial charge is 0.431 e. The third kappa shape index (κ3) is 4.53. The molecule has 1 aliphatic heterocycles. The number of anilines is 2. The highest BCUT2D eigenvalue weighted by molar-refractivity contribution is 6.03. The SMILES string of the molecule is COC1CCN(c2ccc(NC(=O)c3nc(-c4ccccc4)oc3C(F)(F)F)nc2)C1. The summed E-state index contributed by atoms with van der Waals surface area (Å²) in [5.41, 5.74) is 0.315. The van der Waals surface area contributed by atoms with Crippen molar-refractivity contribution in [1.29, 1.82) is 0 Å². The van der Waals surface area contributed by atoms with Gasteiger partial charge in [0.05, 0.1) is 18.0 Å². The Balaban J connectivity index is 1.53. The second kappa shape index (κ2) is 8.38. The highest BCUT2D eigenvalue weighted by Crippen LogP contribution is 2.35. The van der Waals surface area contributed by atoms with Gasteiger partial charge in [-0.3, -0.25) is 4.79 Å². The maximum Gasteiger partial charge on any atom is 0.452 e. The third-order valence-electron chi connectivity index (χ3n) is 4.95. The van der Waals surface area contributed by atoms with Crippen molar-refractivity contribution in [2.45, 2.75) is 18.7 Å². The number of carbonyl (C=O) groups excluding carboxylic acids is 1. The lowest BCUT2D eigenvalue weighted by molar-refractivity contribution is -0.153. The molecule has 1 aliphatic rings. The molecule has 7 nitrogen and oxygen atoms in total. The first-order chi connectivity index (χ1) is 14.8. The van der Waals surface area contributed by atoms with Gasteiger partial charge in [0.15, 0.2) is 5.69 Å². The molecular formula is C21H19F3N4O3. The molecule has 1 unspecified atom stereocenters. The molecule has 1 fully saturated rings. The molecule has 0 saturated carbocycles. The number of hydrogen-bond acceptors (Lipinski definition) is 6. The maximum atomic E-state index is 13.4. The first-order valence-electron chi connectivity index (χ1n) is 9.53. The minimum atomic E-state index is -4.88. The number of aromatic nitrogens is 2. The van der Waals surface area contributed by atoms with Crippen LogP contribution in [0.25, 0.3) is 11.5 Å². The number of halogens is 3. The molecule has 4 rings (SSSR count). The third-order valence-corrected chi connectivity index (χ3v) is 4.95. The van der Waals surface area contributed by atoms with Crippen LogP contribution in [0.4, 0.5) is 24.7 Å². The molecule has 2 aromatic heterocycles. The summed E-state index contributed by atoms with van der Waals surface area (Å²) in [7, 11) is 1.66. The number of ether oxygens (including phenoxy) is 1. The highest BCUT2D eigenvalue weighted by Gasteiger charge is 2.42. The van der Waals surface area contributed by atoms with E-state index in [1.807, 2.05) is 0 Å². The Morgan fingerprint density at radius 1 is 1.23 bits per heavy atom. The van der Waals surface area contributed by atoms with E-state index in [9.17, 15) is 18.0 Å². The number of nitrogens with zero attached hydrogens (tertiary/aromatic N) is 3. The molecule has 0 aliphatic carbocycles. The summed E-state index contributed by atoms with van der Waals surface area (Å²) in [5.74, 6) is -2.70. The van der Waals surface area contributed by atoms with Crippen molar-refractivity contribution in [2.75, 3.05) is 30.4 Å². The summed E-state index contributed by atoms with van der Waals surface area (Å²) in [5, 5.41) is 2.36. The molecule has 0 spiro atoms. The van der Waals surface area contributed by atoms with Crippen molar-refractivity contribution >= 4 is 17.4 Å². The lowest BCUT2D eigenvalue weighted by Gasteiger charge is -2.18. The molecule has 3 aromatic rings. The molecule has 1 atom stereocenters. The van der Waals surface area contributed by atoms with Crippen LogP contribution in [0.5, 0.6) is 0 Å². The fraction of sp³-hybridized carbons (Fsp3) is 0.286. The highest BCUT2D eigenvalue weighted by atomic mass is 19.4. The lowest BCUT2D eigenvalue weighted by Crippen LogP contribution is -2.22. The average molecular weight is 432 g/mol. The van der Waals surface area contributed by atoms with Crippen molar-refractivity contribution in [1.82, 2.24) is 9.97 Å². The number of alkyl halides is 3. The molecular weight excluding hydrogens is 413 g/mol. The molecule has 162 valence electrons. The quantitative estimate of drug-likeness (QED) is 0.650. The fourth-order valence-electron chi connectivity index (χ4n) is 3.35. The Labute approximate surface area is 175 Å². The first kappa shape index (κ1) is 20.9. The van der Waals surface area contributed by atoms with E-state index < -0.39 is 23.5 Å². The van der Waals surface area contributed by atoms with Crippen LogP contribution in [0.1, 0.15) is 22.7 Å². The number of carbonyl (C=O) groups is 1. The number of rotatable bonds is 5. The van der Waals surface area contributed by atoms with Crippen molar-refractivity contribution < 1.29 is 27.1 Å². The van der Waals surface area contributed by atoms with Gasteiger partial charge < -0.3 is 19.4 Å². The Bertz CT molecular complexity index is 1050. The fourth-order valence-corrected chi connectivity index (χ4v) is 3.35. The van der Waals surface area contributed by atoms with Crippen molar-refractivity contribution in [3.8, 4) is 11.5 Å². The van der Waals surface area contributed by atoms with E-state index in [1.165, 1.54) is 6.07 Å². The van der Waals surface area contributed by atoms with E-state index in [4.69, 9.17) is 9.15 Å². The Morgan fingerprint density at radius 2 is 2.00 bits per heavy atom. The lowest BCUT2D eigenvalue weighted by atomic mass is 10.2.